The van der Waals surface area contributed by atoms with Gasteiger partial charge in [-0.3, -0.25) is 5.32 Å². The molecular formula is C15H12N2O2S. The Hall–Kier alpha value is -2.49. The van der Waals surface area contributed by atoms with E-state index in [0.717, 1.165) is 5.56 Å². The Morgan fingerprint density at radius 1 is 1.15 bits per heavy atom. The molecule has 0 aliphatic carbocycles. The zero-order valence-corrected chi connectivity index (χ0v) is 11.4. The number of hydrogen-bond acceptors (Lipinski definition) is 4. The highest BCUT2D eigenvalue weighted by atomic mass is 32.1. The number of nitrogens with zero attached hydrogens (tertiary/aromatic N) is 1. The van der Waals surface area contributed by atoms with Gasteiger partial charge in [0.25, 0.3) is 0 Å². The summed E-state index contributed by atoms with van der Waals surface area (Å²) in [5.74, 6) is 0. The van der Waals surface area contributed by atoms with Crippen LogP contribution in [0.25, 0.3) is 0 Å². The highest BCUT2D eigenvalue weighted by Crippen LogP contribution is 2.16. The average molecular weight is 284 g/mol. The molecule has 2 aromatic rings. The quantitative estimate of drug-likeness (QED) is 0.677. The van der Waals surface area contributed by atoms with Crippen molar-refractivity contribution < 1.29 is 9.53 Å². The van der Waals surface area contributed by atoms with Crippen molar-refractivity contribution in [3.63, 3.8) is 0 Å². The average Bonchev–Trinajstić information content (AvgIpc) is 2.49. The first-order valence-corrected chi connectivity index (χ1v) is 6.34. The van der Waals surface area contributed by atoms with Crippen LogP contribution in [-0.4, -0.2) is 11.3 Å². The second kappa shape index (κ2) is 7.19. The Bertz CT molecular complexity index is 620. The van der Waals surface area contributed by atoms with Crippen molar-refractivity contribution in [1.29, 1.82) is 0 Å². The van der Waals surface area contributed by atoms with Gasteiger partial charge in [0.2, 0.25) is 0 Å². The van der Waals surface area contributed by atoms with Crippen molar-refractivity contribution in [3.05, 3.63) is 60.2 Å². The normalized spacial score (nSPS) is 9.40. The second-order valence-corrected chi connectivity index (χ2v) is 4.12. The van der Waals surface area contributed by atoms with Gasteiger partial charge in [-0.1, -0.05) is 30.3 Å². The number of rotatable bonds is 4. The first-order chi connectivity index (χ1) is 9.78. The number of carbonyl (C=O) groups excluding carboxylic acids is 1. The molecule has 4 nitrogen and oxygen atoms in total. The van der Waals surface area contributed by atoms with E-state index in [0.29, 0.717) is 11.4 Å². The molecule has 0 fully saturated rings. The Balaban J connectivity index is 1.86. The summed E-state index contributed by atoms with van der Waals surface area (Å²) in [4.78, 5) is 15.4. The smallest absolute Gasteiger partial charge is 0.411 e. The zero-order chi connectivity index (χ0) is 14.2. The summed E-state index contributed by atoms with van der Waals surface area (Å²) in [5.41, 5.74) is 2.25. The molecular weight excluding hydrogens is 272 g/mol. The number of amides is 1. The topological polar surface area (TPSA) is 50.7 Å². The minimum atomic E-state index is -0.500. The monoisotopic (exact) mass is 284 g/mol. The largest absolute Gasteiger partial charge is 0.444 e. The van der Waals surface area contributed by atoms with Crippen molar-refractivity contribution in [1.82, 2.24) is 0 Å². The molecule has 0 saturated heterocycles. The van der Waals surface area contributed by atoms with Crippen molar-refractivity contribution in [2.75, 3.05) is 5.32 Å². The van der Waals surface area contributed by atoms with Crippen LogP contribution in [0.5, 0.6) is 0 Å². The zero-order valence-electron chi connectivity index (χ0n) is 10.6. The lowest BCUT2D eigenvalue weighted by molar-refractivity contribution is 0.155. The molecule has 0 unspecified atom stereocenters. The van der Waals surface area contributed by atoms with Gasteiger partial charge in [0.05, 0.1) is 10.8 Å². The van der Waals surface area contributed by atoms with E-state index >= 15 is 0 Å². The third-order valence-electron chi connectivity index (χ3n) is 2.50. The van der Waals surface area contributed by atoms with Gasteiger partial charge in [-0.05, 0) is 42.0 Å². The van der Waals surface area contributed by atoms with Gasteiger partial charge in [0.15, 0.2) is 0 Å². The summed E-state index contributed by atoms with van der Waals surface area (Å²) in [6.45, 7) is 0.236. The number of carbonyl (C=O) groups is 1. The molecule has 0 aromatic heterocycles. The van der Waals surface area contributed by atoms with Crippen LogP contribution in [0.3, 0.4) is 0 Å². The fourth-order valence-corrected chi connectivity index (χ4v) is 1.65. The molecule has 0 heterocycles. The van der Waals surface area contributed by atoms with Gasteiger partial charge in [-0.2, -0.15) is 4.99 Å². The van der Waals surface area contributed by atoms with Crippen LogP contribution in [0.4, 0.5) is 16.2 Å². The maximum absolute atomic E-state index is 11.6. The summed E-state index contributed by atoms with van der Waals surface area (Å²) in [5, 5.41) is 4.91. The van der Waals surface area contributed by atoms with Gasteiger partial charge in [0.1, 0.15) is 6.61 Å². The second-order valence-electron chi connectivity index (χ2n) is 3.94. The first kappa shape index (κ1) is 13.9. The third-order valence-corrected chi connectivity index (χ3v) is 2.59. The predicted molar refractivity (Wildman–Crippen MR) is 81.4 cm³/mol. The maximum Gasteiger partial charge on any atom is 0.411 e. The van der Waals surface area contributed by atoms with Crippen LogP contribution in [0.15, 0.2) is 59.6 Å². The minimum Gasteiger partial charge on any atom is -0.444 e. The van der Waals surface area contributed by atoms with Crippen LogP contribution >= 0.6 is 12.2 Å². The van der Waals surface area contributed by atoms with E-state index in [1.807, 2.05) is 30.3 Å². The summed E-state index contributed by atoms with van der Waals surface area (Å²) in [6, 6.07) is 16.4. The highest BCUT2D eigenvalue weighted by Gasteiger charge is 2.03. The van der Waals surface area contributed by atoms with E-state index in [2.05, 4.69) is 27.7 Å². The van der Waals surface area contributed by atoms with Crippen LogP contribution in [-0.2, 0) is 11.3 Å². The van der Waals surface area contributed by atoms with Crippen LogP contribution in [0.1, 0.15) is 5.56 Å². The molecule has 100 valence electrons. The Labute approximate surface area is 122 Å². The number of isothiocyanates is 1. The van der Waals surface area contributed by atoms with Crippen molar-refractivity contribution >= 4 is 34.8 Å². The molecule has 0 spiro atoms. The lowest BCUT2D eigenvalue weighted by atomic mass is 10.2. The molecule has 20 heavy (non-hydrogen) atoms. The van der Waals surface area contributed by atoms with E-state index in [1.165, 1.54) is 0 Å². The third kappa shape index (κ3) is 4.31. The van der Waals surface area contributed by atoms with Crippen molar-refractivity contribution in [3.8, 4) is 0 Å². The van der Waals surface area contributed by atoms with Gasteiger partial charge >= 0.3 is 6.09 Å². The summed E-state index contributed by atoms with van der Waals surface area (Å²) < 4.78 is 5.11. The number of nitrogens with one attached hydrogen (secondary N) is 1. The molecule has 2 rings (SSSR count). The van der Waals surface area contributed by atoms with Gasteiger partial charge in [-0.25, -0.2) is 4.79 Å². The van der Waals surface area contributed by atoms with E-state index in [4.69, 9.17) is 4.74 Å². The fraction of sp³-hybridized carbons (Fsp3) is 0.0667. The SMILES string of the molecule is O=C(Nc1ccc(N=C=S)cc1)OCc1ccccc1. The van der Waals surface area contributed by atoms with Crippen LogP contribution in [0, 0.1) is 0 Å². The van der Waals surface area contributed by atoms with Crippen molar-refractivity contribution in [2.24, 2.45) is 4.99 Å². The first-order valence-electron chi connectivity index (χ1n) is 5.93. The van der Waals surface area contributed by atoms with Crippen LogP contribution < -0.4 is 5.32 Å². The number of anilines is 1. The van der Waals surface area contributed by atoms with Crippen LogP contribution in [0.2, 0.25) is 0 Å². The van der Waals surface area contributed by atoms with Gasteiger partial charge in [0, 0.05) is 5.69 Å². The Morgan fingerprint density at radius 2 is 1.85 bits per heavy atom. The number of thiocarbonyl (C=S) groups is 1. The number of hydrogen-bond donors (Lipinski definition) is 1. The Kier molecular flexibility index (Phi) is 5.00. The highest BCUT2D eigenvalue weighted by molar-refractivity contribution is 7.78. The van der Waals surface area contributed by atoms with E-state index in [1.54, 1.807) is 24.3 Å². The molecule has 1 N–H and O–H groups in total. The Morgan fingerprint density at radius 3 is 2.50 bits per heavy atom. The minimum absolute atomic E-state index is 0.236. The maximum atomic E-state index is 11.6. The fourth-order valence-electron chi connectivity index (χ4n) is 1.55. The van der Waals surface area contributed by atoms with Gasteiger partial charge in [-0.15, -0.1) is 0 Å². The van der Waals surface area contributed by atoms with E-state index in [-0.39, 0.29) is 6.61 Å². The van der Waals surface area contributed by atoms with Crippen molar-refractivity contribution in [2.45, 2.75) is 6.61 Å². The predicted octanol–water partition coefficient (Wildman–Crippen LogP) is 4.17. The lowest BCUT2D eigenvalue weighted by Crippen LogP contribution is -2.13. The molecule has 2 aromatic carbocycles. The van der Waals surface area contributed by atoms with Gasteiger partial charge < -0.3 is 4.74 Å². The number of benzene rings is 2. The number of ether oxygens (including phenoxy) is 1. The molecule has 5 heteroatoms. The molecule has 0 aliphatic heterocycles. The van der Waals surface area contributed by atoms with E-state index in [9.17, 15) is 4.79 Å². The molecule has 0 bridgehead atoms. The molecule has 0 radical (unpaired) electrons. The summed E-state index contributed by atoms with van der Waals surface area (Å²) >= 11 is 4.51. The lowest BCUT2D eigenvalue weighted by Gasteiger charge is -2.07. The molecule has 0 aliphatic rings. The standard InChI is InChI=1S/C15H12N2O2S/c18-15(19-10-12-4-2-1-3-5-12)17-14-8-6-13(7-9-14)16-11-20/h1-9H,10H2,(H,17,18). The number of aliphatic imine (C=N–C) groups is 1. The molecule has 0 saturated carbocycles. The summed E-state index contributed by atoms with van der Waals surface area (Å²) in [7, 11) is 0. The summed E-state index contributed by atoms with van der Waals surface area (Å²) in [6.07, 6.45) is -0.500. The molecule has 1 amide bonds. The molecule has 0 atom stereocenters. The van der Waals surface area contributed by atoms with E-state index < -0.39 is 6.09 Å².